The summed E-state index contributed by atoms with van der Waals surface area (Å²) in [7, 11) is 0. The molecule has 1 aromatic rings. The number of benzene rings is 1. The topological polar surface area (TPSA) is 73.8 Å². The van der Waals surface area contributed by atoms with Gasteiger partial charge in [-0.2, -0.15) is 10.2 Å². The molecule has 0 saturated heterocycles. The number of hydrogen-bond donors (Lipinski definition) is 2. The zero-order valence-electron chi connectivity index (χ0n) is 13.0. The van der Waals surface area contributed by atoms with Crippen LogP contribution in [0.15, 0.2) is 35.4 Å². The maximum Gasteiger partial charge on any atom is 0.247 e. The average molecular weight is 302 g/mol. The van der Waals surface area contributed by atoms with E-state index in [1.807, 2.05) is 44.2 Å². The number of amides is 1. The van der Waals surface area contributed by atoms with Gasteiger partial charge in [-0.3, -0.25) is 14.9 Å². The number of carbonyl (C=O) groups excluding carboxylic acids is 2. The fourth-order valence-electron chi connectivity index (χ4n) is 2.43. The Kier molecular flexibility index (Phi) is 5.66. The molecule has 1 amide bonds. The molecular formula is C16H22N4O2. The molecular weight excluding hydrogens is 280 g/mol. The minimum absolute atomic E-state index is 0.153. The van der Waals surface area contributed by atoms with Gasteiger partial charge in [-0.15, -0.1) is 0 Å². The van der Waals surface area contributed by atoms with Crippen molar-refractivity contribution in [1.82, 2.24) is 15.9 Å². The van der Waals surface area contributed by atoms with E-state index >= 15 is 0 Å². The van der Waals surface area contributed by atoms with Crippen LogP contribution in [0.1, 0.15) is 38.2 Å². The van der Waals surface area contributed by atoms with Gasteiger partial charge in [0.25, 0.3) is 0 Å². The van der Waals surface area contributed by atoms with E-state index in [2.05, 4.69) is 15.8 Å². The van der Waals surface area contributed by atoms with Crippen molar-refractivity contribution in [3.8, 4) is 0 Å². The molecule has 0 radical (unpaired) electrons. The molecule has 0 fully saturated rings. The van der Waals surface area contributed by atoms with Crippen molar-refractivity contribution in [3.63, 3.8) is 0 Å². The molecule has 2 unspecified atom stereocenters. The van der Waals surface area contributed by atoms with E-state index in [-0.39, 0.29) is 11.8 Å². The molecule has 0 saturated carbocycles. The predicted octanol–water partition coefficient (Wildman–Crippen LogP) is 1.41. The molecule has 0 spiro atoms. The van der Waals surface area contributed by atoms with Crippen LogP contribution in [0.4, 0.5) is 0 Å². The SMILES string of the molecule is CCCC(C(=O)NN1N=C(C)CNC1C=O)c1ccccc1. The second-order valence-corrected chi connectivity index (χ2v) is 5.37. The normalized spacial score (nSPS) is 19.3. The van der Waals surface area contributed by atoms with Crippen LogP contribution in [0.25, 0.3) is 0 Å². The molecule has 0 aliphatic carbocycles. The summed E-state index contributed by atoms with van der Waals surface area (Å²) in [6.07, 6.45) is 1.73. The molecule has 0 aromatic heterocycles. The molecule has 1 aliphatic rings. The van der Waals surface area contributed by atoms with Crippen molar-refractivity contribution in [3.05, 3.63) is 35.9 Å². The summed E-state index contributed by atoms with van der Waals surface area (Å²) in [6.45, 7) is 4.42. The smallest absolute Gasteiger partial charge is 0.247 e. The van der Waals surface area contributed by atoms with E-state index in [4.69, 9.17) is 0 Å². The Balaban J connectivity index is 2.14. The zero-order chi connectivity index (χ0) is 15.9. The lowest BCUT2D eigenvalue weighted by atomic mass is 9.94. The Labute approximate surface area is 130 Å². The van der Waals surface area contributed by atoms with Gasteiger partial charge in [0.05, 0.1) is 11.6 Å². The first kappa shape index (κ1) is 16.2. The lowest BCUT2D eigenvalue weighted by Crippen LogP contribution is -2.57. The number of hydrogen-bond acceptors (Lipinski definition) is 5. The maximum atomic E-state index is 12.6. The molecule has 2 N–H and O–H groups in total. The summed E-state index contributed by atoms with van der Waals surface area (Å²) in [5.41, 5.74) is 4.52. The van der Waals surface area contributed by atoms with E-state index < -0.39 is 6.17 Å². The number of rotatable bonds is 6. The highest BCUT2D eigenvalue weighted by atomic mass is 16.2. The molecule has 6 heteroatoms. The molecule has 0 bridgehead atoms. The van der Waals surface area contributed by atoms with Crippen LogP contribution in [-0.2, 0) is 9.59 Å². The van der Waals surface area contributed by atoms with Gasteiger partial charge in [0.15, 0.2) is 12.5 Å². The summed E-state index contributed by atoms with van der Waals surface area (Å²) in [5, 5.41) is 8.54. The van der Waals surface area contributed by atoms with Crippen molar-refractivity contribution < 1.29 is 9.59 Å². The summed E-state index contributed by atoms with van der Waals surface area (Å²) < 4.78 is 0. The minimum atomic E-state index is -0.634. The highest BCUT2D eigenvalue weighted by molar-refractivity contribution is 5.86. The first-order valence-electron chi connectivity index (χ1n) is 7.53. The fraction of sp³-hybridized carbons (Fsp3) is 0.438. The Morgan fingerprint density at radius 3 is 2.86 bits per heavy atom. The highest BCUT2D eigenvalue weighted by Gasteiger charge is 2.26. The lowest BCUT2D eigenvalue weighted by Gasteiger charge is -2.31. The standard InChI is InChI=1S/C16H22N4O2/c1-3-7-14(13-8-5-4-6-9-13)16(22)19-20-15(11-21)17-10-12(2)18-20/h4-6,8-9,11,14-15,17H,3,7,10H2,1-2H3,(H,19,22). The van der Waals surface area contributed by atoms with Gasteiger partial charge in [-0.25, -0.2) is 5.43 Å². The monoisotopic (exact) mass is 302 g/mol. The molecule has 2 rings (SSSR count). The van der Waals surface area contributed by atoms with E-state index in [0.717, 1.165) is 30.4 Å². The Morgan fingerprint density at radius 2 is 2.23 bits per heavy atom. The average Bonchev–Trinajstić information content (AvgIpc) is 2.53. The Bertz CT molecular complexity index is 544. The second-order valence-electron chi connectivity index (χ2n) is 5.37. The third-order valence-electron chi connectivity index (χ3n) is 3.56. The molecule has 22 heavy (non-hydrogen) atoms. The first-order valence-corrected chi connectivity index (χ1v) is 7.53. The molecule has 1 aliphatic heterocycles. The van der Waals surface area contributed by atoms with Crippen LogP contribution >= 0.6 is 0 Å². The summed E-state index contributed by atoms with van der Waals surface area (Å²) >= 11 is 0. The summed E-state index contributed by atoms with van der Waals surface area (Å²) in [4.78, 5) is 23.7. The molecule has 118 valence electrons. The number of hydrazone groups is 1. The number of nitrogens with zero attached hydrogens (tertiary/aromatic N) is 2. The quantitative estimate of drug-likeness (QED) is 0.779. The van der Waals surface area contributed by atoms with E-state index in [9.17, 15) is 9.59 Å². The summed E-state index contributed by atoms with van der Waals surface area (Å²) in [6, 6.07) is 9.66. The van der Waals surface area contributed by atoms with Gasteiger partial charge < -0.3 is 0 Å². The number of hydrazine groups is 1. The van der Waals surface area contributed by atoms with Crippen molar-refractivity contribution in [2.75, 3.05) is 6.54 Å². The van der Waals surface area contributed by atoms with Crippen LogP contribution in [-0.4, -0.2) is 35.7 Å². The number of carbonyl (C=O) groups is 2. The Hall–Kier alpha value is -2.21. The van der Waals surface area contributed by atoms with Crippen molar-refractivity contribution in [2.24, 2.45) is 5.10 Å². The molecule has 2 atom stereocenters. The number of aldehydes is 1. The van der Waals surface area contributed by atoms with Gasteiger partial charge >= 0.3 is 0 Å². The van der Waals surface area contributed by atoms with Crippen LogP contribution < -0.4 is 10.7 Å². The third-order valence-corrected chi connectivity index (χ3v) is 3.56. The molecule has 1 heterocycles. The third kappa shape index (κ3) is 3.92. The predicted molar refractivity (Wildman–Crippen MR) is 85.0 cm³/mol. The van der Waals surface area contributed by atoms with Gasteiger partial charge in [0, 0.05) is 6.54 Å². The van der Waals surface area contributed by atoms with Crippen LogP contribution in [0, 0.1) is 0 Å². The van der Waals surface area contributed by atoms with Crippen LogP contribution in [0.3, 0.4) is 0 Å². The molecule has 1 aromatic carbocycles. The van der Waals surface area contributed by atoms with Crippen LogP contribution in [0.5, 0.6) is 0 Å². The van der Waals surface area contributed by atoms with Gasteiger partial charge in [0.1, 0.15) is 0 Å². The highest BCUT2D eigenvalue weighted by Crippen LogP contribution is 2.21. The number of nitrogens with one attached hydrogen (secondary N) is 2. The van der Waals surface area contributed by atoms with E-state index in [1.54, 1.807) is 0 Å². The van der Waals surface area contributed by atoms with Crippen molar-refractivity contribution >= 4 is 17.9 Å². The maximum absolute atomic E-state index is 12.6. The van der Waals surface area contributed by atoms with Crippen LogP contribution in [0.2, 0.25) is 0 Å². The van der Waals surface area contributed by atoms with E-state index in [0.29, 0.717) is 6.54 Å². The van der Waals surface area contributed by atoms with E-state index in [1.165, 1.54) is 5.12 Å². The molecule has 6 nitrogen and oxygen atoms in total. The van der Waals surface area contributed by atoms with Gasteiger partial charge in [0.2, 0.25) is 5.91 Å². The lowest BCUT2D eigenvalue weighted by molar-refractivity contribution is -0.131. The van der Waals surface area contributed by atoms with Gasteiger partial charge in [-0.05, 0) is 18.9 Å². The van der Waals surface area contributed by atoms with Crippen molar-refractivity contribution in [1.29, 1.82) is 0 Å². The fourth-order valence-corrected chi connectivity index (χ4v) is 2.43. The second kappa shape index (κ2) is 7.70. The van der Waals surface area contributed by atoms with Crippen molar-refractivity contribution in [2.45, 2.75) is 38.8 Å². The van der Waals surface area contributed by atoms with Gasteiger partial charge in [-0.1, -0.05) is 43.7 Å². The largest absolute Gasteiger partial charge is 0.299 e. The zero-order valence-corrected chi connectivity index (χ0v) is 13.0. The minimum Gasteiger partial charge on any atom is -0.299 e. The Morgan fingerprint density at radius 1 is 1.50 bits per heavy atom. The summed E-state index contributed by atoms with van der Waals surface area (Å²) in [5.74, 6) is -0.406. The first-order chi connectivity index (χ1) is 10.7.